The number of aromatic nitrogens is 2. The van der Waals surface area contributed by atoms with Crippen molar-refractivity contribution >= 4 is 5.78 Å². The number of carbonyl (C=O) groups is 1. The van der Waals surface area contributed by atoms with Crippen LogP contribution in [0.1, 0.15) is 32.3 Å². The van der Waals surface area contributed by atoms with Gasteiger partial charge in [0.1, 0.15) is 5.78 Å². The van der Waals surface area contributed by atoms with Gasteiger partial charge in [0.25, 0.3) is 0 Å². The minimum atomic E-state index is -0.111. The molecule has 18 heavy (non-hydrogen) atoms. The van der Waals surface area contributed by atoms with Gasteiger partial charge in [-0.1, -0.05) is 13.8 Å². The summed E-state index contributed by atoms with van der Waals surface area (Å²) in [6.07, 6.45) is 5.97. The molecule has 1 aliphatic rings. The lowest BCUT2D eigenvalue weighted by Gasteiger charge is -2.21. The molecule has 0 amide bonds. The van der Waals surface area contributed by atoms with E-state index in [0.717, 1.165) is 25.9 Å². The summed E-state index contributed by atoms with van der Waals surface area (Å²) < 4.78 is 1.81. The van der Waals surface area contributed by atoms with Gasteiger partial charge < -0.3 is 4.90 Å². The molecule has 4 nitrogen and oxygen atoms in total. The zero-order valence-electron chi connectivity index (χ0n) is 11.8. The maximum Gasteiger partial charge on any atom is 0.142 e. The summed E-state index contributed by atoms with van der Waals surface area (Å²) in [4.78, 5) is 14.4. The zero-order valence-corrected chi connectivity index (χ0v) is 11.8. The molecule has 1 unspecified atom stereocenters. The van der Waals surface area contributed by atoms with Crippen LogP contribution in [0, 0.1) is 11.3 Å². The van der Waals surface area contributed by atoms with Crippen LogP contribution >= 0.6 is 0 Å². The Morgan fingerprint density at radius 2 is 2.28 bits per heavy atom. The molecule has 1 aliphatic carbocycles. The van der Waals surface area contributed by atoms with Crippen molar-refractivity contribution in [3.63, 3.8) is 0 Å². The van der Waals surface area contributed by atoms with Crippen LogP contribution < -0.4 is 0 Å². The van der Waals surface area contributed by atoms with Gasteiger partial charge in [0.2, 0.25) is 0 Å². The van der Waals surface area contributed by atoms with Gasteiger partial charge in [0, 0.05) is 43.2 Å². The maximum absolute atomic E-state index is 12.2. The third-order valence-corrected chi connectivity index (χ3v) is 3.90. The van der Waals surface area contributed by atoms with Crippen LogP contribution in [0.4, 0.5) is 0 Å². The lowest BCUT2D eigenvalue weighted by atomic mass is 9.89. The van der Waals surface area contributed by atoms with E-state index in [1.54, 1.807) is 0 Å². The first-order chi connectivity index (χ1) is 8.38. The Balaban J connectivity index is 1.89. The number of rotatable bonds is 4. The first-order valence-corrected chi connectivity index (χ1v) is 6.59. The van der Waals surface area contributed by atoms with E-state index in [2.05, 4.69) is 30.9 Å². The quantitative estimate of drug-likeness (QED) is 0.817. The van der Waals surface area contributed by atoms with E-state index in [0.29, 0.717) is 5.78 Å². The third kappa shape index (κ3) is 2.80. The topological polar surface area (TPSA) is 38.1 Å². The van der Waals surface area contributed by atoms with E-state index < -0.39 is 0 Å². The average Bonchev–Trinajstić information content (AvgIpc) is 2.78. The number of nitrogens with zero attached hydrogens (tertiary/aromatic N) is 3. The molecule has 0 saturated heterocycles. The van der Waals surface area contributed by atoms with Crippen molar-refractivity contribution in [3.8, 4) is 0 Å². The Labute approximate surface area is 109 Å². The van der Waals surface area contributed by atoms with Crippen molar-refractivity contribution in [1.29, 1.82) is 0 Å². The summed E-state index contributed by atoms with van der Waals surface area (Å²) in [6, 6.07) is 0. The average molecular weight is 249 g/mol. The molecule has 0 radical (unpaired) electrons. The molecular formula is C14H23N3O. The monoisotopic (exact) mass is 249 g/mol. The maximum atomic E-state index is 12.2. The molecule has 0 N–H and O–H groups in total. The summed E-state index contributed by atoms with van der Waals surface area (Å²) in [7, 11) is 4.00. The number of hydrogen-bond donors (Lipinski definition) is 0. The van der Waals surface area contributed by atoms with Gasteiger partial charge >= 0.3 is 0 Å². The molecule has 1 aromatic heterocycles. The van der Waals surface area contributed by atoms with E-state index in [4.69, 9.17) is 0 Å². The van der Waals surface area contributed by atoms with Gasteiger partial charge in [-0.25, -0.2) is 0 Å². The molecule has 0 aromatic carbocycles. The van der Waals surface area contributed by atoms with Crippen LogP contribution in [0.3, 0.4) is 0 Å². The van der Waals surface area contributed by atoms with Crippen molar-refractivity contribution < 1.29 is 4.79 Å². The summed E-state index contributed by atoms with van der Waals surface area (Å²) in [6.45, 7) is 5.85. The second-order valence-electron chi connectivity index (χ2n) is 6.20. The molecule has 4 heteroatoms. The second kappa shape index (κ2) is 4.84. The van der Waals surface area contributed by atoms with Crippen LogP contribution in [0.2, 0.25) is 0 Å². The van der Waals surface area contributed by atoms with Crippen molar-refractivity contribution in [1.82, 2.24) is 14.7 Å². The van der Waals surface area contributed by atoms with Crippen molar-refractivity contribution in [2.75, 3.05) is 13.6 Å². The number of carbonyl (C=O) groups excluding carboxylic acids is 1. The van der Waals surface area contributed by atoms with Crippen LogP contribution in [0.15, 0.2) is 12.4 Å². The third-order valence-electron chi connectivity index (χ3n) is 3.90. The molecule has 1 fully saturated rings. The zero-order chi connectivity index (χ0) is 13.3. The minimum absolute atomic E-state index is 0.111. The number of aryl methyl sites for hydroxylation is 1. The molecule has 0 spiro atoms. The molecule has 2 rings (SSSR count). The molecule has 0 aliphatic heterocycles. The molecule has 1 saturated carbocycles. The van der Waals surface area contributed by atoms with E-state index in [-0.39, 0.29) is 11.3 Å². The normalized spacial score (nSPS) is 22.9. The van der Waals surface area contributed by atoms with Gasteiger partial charge in [-0.3, -0.25) is 9.48 Å². The van der Waals surface area contributed by atoms with Crippen molar-refractivity contribution in [2.45, 2.75) is 33.2 Å². The highest BCUT2D eigenvalue weighted by Crippen LogP contribution is 2.37. The smallest absolute Gasteiger partial charge is 0.142 e. The fourth-order valence-electron chi connectivity index (χ4n) is 2.82. The van der Waals surface area contributed by atoms with Crippen LogP contribution in [-0.2, 0) is 18.4 Å². The Morgan fingerprint density at radius 3 is 2.78 bits per heavy atom. The second-order valence-corrected chi connectivity index (χ2v) is 6.20. The summed E-state index contributed by atoms with van der Waals surface area (Å²) in [5.41, 5.74) is 1.09. The van der Waals surface area contributed by atoms with Gasteiger partial charge in [-0.05, 0) is 19.9 Å². The lowest BCUT2D eigenvalue weighted by molar-refractivity contribution is -0.127. The first-order valence-electron chi connectivity index (χ1n) is 6.59. The minimum Gasteiger partial charge on any atom is -0.301 e. The highest BCUT2D eigenvalue weighted by molar-refractivity contribution is 5.88. The predicted molar refractivity (Wildman–Crippen MR) is 71.1 cm³/mol. The van der Waals surface area contributed by atoms with Crippen LogP contribution in [0.5, 0.6) is 0 Å². The lowest BCUT2D eigenvalue weighted by Crippen LogP contribution is -2.31. The standard InChI is InChI=1S/C14H23N3O/c1-14(2)6-5-12(13(14)18)10-16(3)8-11-7-15-17(4)9-11/h7,9,12H,5-6,8,10H2,1-4H3. The van der Waals surface area contributed by atoms with E-state index in [1.165, 1.54) is 5.56 Å². The largest absolute Gasteiger partial charge is 0.301 e. The Hall–Kier alpha value is -1.16. The summed E-state index contributed by atoms with van der Waals surface area (Å²) >= 11 is 0. The Kier molecular flexibility index (Phi) is 3.57. The molecular weight excluding hydrogens is 226 g/mol. The Morgan fingerprint density at radius 1 is 1.56 bits per heavy atom. The van der Waals surface area contributed by atoms with Gasteiger partial charge in [-0.2, -0.15) is 5.10 Å². The number of hydrogen-bond acceptors (Lipinski definition) is 3. The Bertz CT molecular complexity index is 436. The summed E-state index contributed by atoms with van der Waals surface area (Å²) in [5, 5.41) is 4.16. The van der Waals surface area contributed by atoms with Crippen LogP contribution in [0.25, 0.3) is 0 Å². The van der Waals surface area contributed by atoms with Gasteiger partial charge in [0.15, 0.2) is 0 Å². The van der Waals surface area contributed by atoms with Crippen LogP contribution in [-0.4, -0.2) is 34.1 Å². The molecule has 100 valence electrons. The van der Waals surface area contributed by atoms with Gasteiger partial charge in [-0.15, -0.1) is 0 Å². The van der Waals surface area contributed by atoms with Crippen molar-refractivity contribution in [2.24, 2.45) is 18.4 Å². The van der Waals surface area contributed by atoms with E-state index in [1.807, 2.05) is 24.1 Å². The van der Waals surface area contributed by atoms with Gasteiger partial charge in [0.05, 0.1) is 6.20 Å². The van der Waals surface area contributed by atoms with E-state index >= 15 is 0 Å². The number of Topliss-reactive ketones (excluding diaryl/α,β-unsaturated/α-hetero) is 1. The molecule has 1 atom stereocenters. The highest BCUT2D eigenvalue weighted by atomic mass is 16.1. The first kappa shape index (κ1) is 13.3. The fourth-order valence-corrected chi connectivity index (χ4v) is 2.82. The highest BCUT2D eigenvalue weighted by Gasteiger charge is 2.40. The van der Waals surface area contributed by atoms with E-state index in [9.17, 15) is 4.79 Å². The number of ketones is 1. The molecule has 1 aromatic rings. The predicted octanol–water partition coefficient (Wildman–Crippen LogP) is 1.86. The summed E-state index contributed by atoms with van der Waals surface area (Å²) in [5.74, 6) is 0.641. The fraction of sp³-hybridized carbons (Fsp3) is 0.714. The molecule has 0 bridgehead atoms. The molecule has 1 heterocycles. The van der Waals surface area contributed by atoms with Crippen molar-refractivity contribution in [3.05, 3.63) is 18.0 Å². The SMILES string of the molecule is CN(Cc1cnn(C)c1)CC1CCC(C)(C)C1=O.